The SMILES string of the molecule is Cc1cc2c([nH]1)/C=C1\C(=O)Nc3ccc(nc31)CN(C)C(=O)COCCNC2=O. The predicted molar refractivity (Wildman–Crippen MR) is 106 cm³/mol. The number of carbonyl (C=O) groups is 3. The van der Waals surface area contributed by atoms with Crippen LogP contribution in [0.5, 0.6) is 0 Å². The highest BCUT2D eigenvalue weighted by molar-refractivity contribution is 6.34. The zero-order chi connectivity index (χ0) is 20.5. The molecule has 150 valence electrons. The number of aromatic nitrogens is 2. The summed E-state index contributed by atoms with van der Waals surface area (Å²) >= 11 is 0. The number of pyridine rings is 1. The number of hydrogen-bond acceptors (Lipinski definition) is 5. The van der Waals surface area contributed by atoms with Crippen molar-refractivity contribution in [2.45, 2.75) is 13.5 Å². The van der Waals surface area contributed by atoms with E-state index < -0.39 is 0 Å². The molecular weight excluding hydrogens is 374 g/mol. The van der Waals surface area contributed by atoms with Crippen molar-refractivity contribution in [1.82, 2.24) is 20.2 Å². The van der Waals surface area contributed by atoms with Gasteiger partial charge in [-0.05, 0) is 31.2 Å². The van der Waals surface area contributed by atoms with Crippen LogP contribution in [0.2, 0.25) is 0 Å². The van der Waals surface area contributed by atoms with Gasteiger partial charge in [-0.15, -0.1) is 0 Å². The number of carbonyl (C=O) groups excluding carboxylic acids is 3. The smallest absolute Gasteiger partial charge is 0.258 e. The fourth-order valence-electron chi connectivity index (χ4n) is 3.31. The van der Waals surface area contributed by atoms with E-state index in [1.807, 2.05) is 6.92 Å². The van der Waals surface area contributed by atoms with Gasteiger partial charge in [-0.25, -0.2) is 4.98 Å². The topological polar surface area (TPSA) is 116 Å². The summed E-state index contributed by atoms with van der Waals surface area (Å²) in [6, 6.07) is 5.26. The number of aryl methyl sites for hydroxylation is 1. The standard InChI is InChI=1S/C20H21N5O4/c1-11-7-13-16(22-11)8-14-18-15(24-20(14)28)4-3-12(23-18)9-25(2)17(26)10-29-6-5-21-19(13)27/h3-4,7-8,22H,5-6,9-10H2,1-2H3,(H,21,27)(H,24,28)/b14-8-. The molecule has 2 aliphatic rings. The van der Waals surface area contributed by atoms with E-state index in [0.717, 1.165) is 5.69 Å². The maximum atomic E-state index is 12.6. The van der Waals surface area contributed by atoms with Gasteiger partial charge in [-0.2, -0.15) is 0 Å². The molecule has 3 N–H and O–H groups in total. The lowest BCUT2D eigenvalue weighted by Crippen LogP contribution is -2.32. The molecular formula is C20H21N5O4. The molecule has 2 bridgehead atoms. The number of ether oxygens (including phenoxy) is 1. The monoisotopic (exact) mass is 395 g/mol. The lowest BCUT2D eigenvalue weighted by atomic mass is 10.1. The minimum atomic E-state index is -0.291. The molecule has 0 unspecified atom stereocenters. The molecule has 0 aliphatic carbocycles. The Labute approximate surface area is 167 Å². The van der Waals surface area contributed by atoms with Gasteiger partial charge in [0.05, 0.1) is 47.1 Å². The molecule has 2 aromatic rings. The number of nitrogens with zero attached hydrogens (tertiary/aromatic N) is 2. The molecule has 4 rings (SSSR count). The van der Waals surface area contributed by atoms with Crippen molar-refractivity contribution < 1.29 is 19.1 Å². The summed E-state index contributed by atoms with van der Waals surface area (Å²) in [6.45, 7) is 2.52. The van der Waals surface area contributed by atoms with Crippen molar-refractivity contribution in [3.63, 3.8) is 0 Å². The molecule has 9 nitrogen and oxygen atoms in total. The second kappa shape index (κ2) is 7.51. The zero-order valence-corrected chi connectivity index (χ0v) is 16.2. The number of anilines is 1. The first-order valence-corrected chi connectivity index (χ1v) is 9.25. The quantitative estimate of drug-likeness (QED) is 0.614. The Morgan fingerprint density at radius 1 is 1.17 bits per heavy atom. The van der Waals surface area contributed by atoms with Gasteiger partial charge < -0.3 is 25.3 Å². The van der Waals surface area contributed by atoms with Crippen molar-refractivity contribution in [2.75, 3.05) is 32.1 Å². The van der Waals surface area contributed by atoms with E-state index in [2.05, 4.69) is 20.6 Å². The summed E-state index contributed by atoms with van der Waals surface area (Å²) in [5.74, 6) is -0.776. The van der Waals surface area contributed by atoms with Gasteiger partial charge >= 0.3 is 0 Å². The number of fused-ring (bicyclic) bond motifs is 2. The Morgan fingerprint density at radius 3 is 2.83 bits per heavy atom. The lowest BCUT2D eigenvalue weighted by molar-refractivity contribution is -0.135. The van der Waals surface area contributed by atoms with E-state index in [4.69, 9.17) is 4.74 Å². The van der Waals surface area contributed by atoms with Gasteiger partial charge in [0.1, 0.15) is 6.61 Å². The van der Waals surface area contributed by atoms with Crippen LogP contribution in [0.25, 0.3) is 11.6 Å². The highest BCUT2D eigenvalue weighted by atomic mass is 16.5. The normalized spacial score (nSPS) is 19.3. The second-order valence-corrected chi connectivity index (χ2v) is 7.05. The van der Waals surface area contributed by atoms with Crippen molar-refractivity contribution in [3.8, 4) is 0 Å². The summed E-state index contributed by atoms with van der Waals surface area (Å²) in [5.41, 5.74) is 3.86. The average Bonchev–Trinajstić information content (AvgIpc) is 3.20. The van der Waals surface area contributed by atoms with Crippen molar-refractivity contribution in [2.24, 2.45) is 0 Å². The van der Waals surface area contributed by atoms with Crippen LogP contribution in [-0.2, 0) is 20.9 Å². The van der Waals surface area contributed by atoms with Crippen LogP contribution in [0, 0.1) is 6.92 Å². The Hall–Kier alpha value is -3.46. The first-order valence-electron chi connectivity index (χ1n) is 9.25. The van der Waals surface area contributed by atoms with Crippen LogP contribution < -0.4 is 10.6 Å². The third-order valence-electron chi connectivity index (χ3n) is 4.80. The van der Waals surface area contributed by atoms with E-state index in [0.29, 0.717) is 40.5 Å². The van der Waals surface area contributed by atoms with E-state index in [-0.39, 0.29) is 37.5 Å². The molecule has 0 saturated carbocycles. The fourth-order valence-corrected chi connectivity index (χ4v) is 3.31. The van der Waals surface area contributed by atoms with Crippen molar-refractivity contribution >= 4 is 35.1 Å². The summed E-state index contributed by atoms with van der Waals surface area (Å²) in [6.07, 6.45) is 1.64. The van der Waals surface area contributed by atoms with Crippen molar-refractivity contribution in [1.29, 1.82) is 0 Å². The van der Waals surface area contributed by atoms with Gasteiger partial charge in [0.25, 0.3) is 11.8 Å². The number of likely N-dealkylation sites (N-methyl/N-ethyl adjacent to an activating group) is 1. The number of rotatable bonds is 0. The maximum Gasteiger partial charge on any atom is 0.258 e. The predicted octanol–water partition coefficient (Wildman–Crippen LogP) is 0.929. The first-order chi connectivity index (χ1) is 13.9. The second-order valence-electron chi connectivity index (χ2n) is 7.05. The summed E-state index contributed by atoms with van der Waals surface area (Å²) < 4.78 is 5.37. The molecule has 4 heterocycles. The summed E-state index contributed by atoms with van der Waals surface area (Å²) in [4.78, 5) is 46.6. The van der Waals surface area contributed by atoms with Gasteiger partial charge in [0.15, 0.2) is 0 Å². The fraction of sp³-hybridized carbons (Fsp3) is 0.300. The Kier molecular flexibility index (Phi) is 4.89. The Morgan fingerprint density at radius 2 is 2.00 bits per heavy atom. The van der Waals surface area contributed by atoms with Gasteiger partial charge in [0.2, 0.25) is 5.91 Å². The van der Waals surface area contributed by atoms with Crippen LogP contribution in [-0.4, -0.2) is 59.4 Å². The highest BCUT2D eigenvalue weighted by Crippen LogP contribution is 2.32. The maximum absolute atomic E-state index is 12.6. The van der Waals surface area contributed by atoms with Gasteiger partial charge in [0, 0.05) is 19.3 Å². The third-order valence-corrected chi connectivity index (χ3v) is 4.80. The number of aromatic amines is 1. The lowest BCUT2D eigenvalue weighted by Gasteiger charge is -2.17. The number of hydrogen-bond donors (Lipinski definition) is 3. The van der Waals surface area contributed by atoms with Crippen LogP contribution in [0.3, 0.4) is 0 Å². The highest BCUT2D eigenvalue weighted by Gasteiger charge is 2.27. The molecule has 2 aliphatic heterocycles. The molecule has 0 radical (unpaired) electrons. The van der Waals surface area contributed by atoms with Gasteiger partial charge in [-0.1, -0.05) is 0 Å². The Bertz CT molecular complexity index is 1040. The minimum Gasteiger partial charge on any atom is -0.370 e. The third kappa shape index (κ3) is 3.77. The van der Waals surface area contributed by atoms with Gasteiger partial charge in [-0.3, -0.25) is 14.4 Å². The number of H-pyrrole nitrogens is 1. The molecule has 0 aromatic carbocycles. The van der Waals surface area contributed by atoms with Crippen LogP contribution >= 0.6 is 0 Å². The Balaban J connectivity index is 1.79. The average molecular weight is 395 g/mol. The molecule has 2 aromatic heterocycles. The molecule has 3 amide bonds. The first kappa shape index (κ1) is 18.9. The molecule has 9 heteroatoms. The molecule has 0 atom stereocenters. The minimum absolute atomic E-state index is 0.0863. The van der Waals surface area contributed by atoms with Crippen molar-refractivity contribution in [3.05, 3.63) is 46.5 Å². The van der Waals surface area contributed by atoms with Crippen LogP contribution in [0.4, 0.5) is 5.69 Å². The van der Waals surface area contributed by atoms with E-state index in [1.165, 1.54) is 4.90 Å². The molecule has 0 saturated heterocycles. The largest absolute Gasteiger partial charge is 0.370 e. The molecule has 29 heavy (non-hydrogen) atoms. The number of amides is 3. The van der Waals surface area contributed by atoms with Crippen LogP contribution in [0.1, 0.15) is 33.1 Å². The van der Waals surface area contributed by atoms with Crippen LogP contribution in [0.15, 0.2) is 18.2 Å². The van der Waals surface area contributed by atoms with E-state index in [1.54, 1.807) is 31.3 Å². The zero-order valence-electron chi connectivity index (χ0n) is 16.2. The summed E-state index contributed by atoms with van der Waals surface area (Å²) in [5, 5.41) is 5.56. The number of nitrogens with one attached hydrogen (secondary N) is 3. The molecule has 0 spiro atoms. The summed E-state index contributed by atoms with van der Waals surface area (Å²) in [7, 11) is 1.67. The van der Waals surface area contributed by atoms with E-state index in [9.17, 15) is 14.4 Å². The van der Waals surface area contributed by atoms with E-state index >= 15 is 0 Å². The molecule has 0 fully saturated rings.